The highest BCUT2D eigenvalue weighted by molar-refractivity contribution is 7.13. The Kier molecular flexibility index (Phi) is 4.51. The summed E-state index contributed by atoms with van der Waals surface area (Å²) in [6.45, 7) is 8.34. The fourth-order valence-corrected chi connectivity index (χ4v) is 2.09. The fraction of sp³-hybridized carbons (Fsp3) is 0.538. The van der Waals surface area contributed by atoms with Gasteiger partial charge in [-0.05, 0) is 17.5 Å². The summed E-state index contributed by atoms with van der Waals surface area (Å²) in [5.41, 5.74) is -0.0776. The van der Waals surface area contributed by atoms with E-state index in [2.05, 4.69) is 5.32 Å². The highest BCUT2D eigenvalue weighted by atomic mass is 32.1. The molecule has 0 bridgehead atoms. The number of hydrogen-bond donors (Lipinski definition) is 2. The Hall–Kier alpha value is -1.36. The van der Waals surface area contributed by atoms with Crippen LogP contribution in [0, 0.1) is 11.3 Å². The van der Waals surface area contributed by atoms with Crippen molar-refractivity contribution >= 4 is 23.2 Å². The maximum absolute atomic E-state index is 11.9. The molecule has 0 aromatic carbocycles. The molecule has 1 rings (SSSR count). The molecule has 0 aliphatic carbocycles. The molecule has 1 atom stereocenters. The Morgan fingerprint density at radius 2 is 2.00 bits per heavy atom. The normalized spacial score (nSPS) is 13.1. The van der Waals surface area contributed by atoms with Crippen LogP contribution in [0.1, 0.15) is 42.2 Å². The minimum Gasteiger partial charge on any atom is -0.477 e. The van der Waals surface area contributed by atoms with Crippen molar-refractivity contribution in [2.24, 2.45) is 11.3 Å². The number of carbonyl (C=O) groups excluding carboxylic acids is 1. The molecule has 1 heterocycles. The molecule has 0 radical (unpaired) electrons. The second-order valence-corrected chi connectivity index (χ2v) is 6.54. The zero-order valence-corrected chi connectivity index (χ0v) is 11.9. The first kappa shape index (κ1) is 14.7. The summed E-state index contributed by atoms with van der Waals surface area (Å²) in [5, 5.41) is 11.6. The van der Waals surface area contributed by atoms with Crippen LogP contribution in [-0.2, 0) is 11.3 Å². The topological polar surface area (TPSA) is 66.4 Å². The highest BCUT2D eigenvalue weighted by Crippen LogP contribution is 2.25. The molecule has 1 unspecified atom stereocenters. The molecule has 1 amide bonds. The lowest BCUT2D eigenvalue weighted by molar-refractivity contribution is -0.127. The first-order valence-electron chi connectivity index (χ1n) is 5.81. The van der Waals surface area contributed by atoms with E-state index in [4.69, 9.17) is 5.11 Å². The van der Waals surface area contributed by atoms with Gasteiger partial charge in [-0.2, -0.15) is 0 Å². The molecule has 0 aliphatic heterocycles. The van der Waals surface area contributed by atoms with E-state index in [1.807, 2.05) is 27.7 Å². The van der Waals surface area contributed by atoms with Crippen LogP contribution in [0.15, 0.2) is 12.1 Å². The number of carbonyl (C=O) groups is 2. The number of amides is 1. The summed E-state index contributed by atoms with van der Waals surface area (Å²) in [4.78, 5) is 23.7. The van der Waals surface area contributed by atoms with E-state index in [-0.39, 0.29) is 17.2 Å². The van der Waals surface area contributed by atoms with Crippen LogP contribution in [0.4, 0.5) is 0 Å². The van der Waals surface area contributed by atoms with Crippen LogP contribution in [-0.4, -0.2) is 17.0 Å². The van der Waals surface area contributed by atoms with E-state index in [0.717, 1.165) is 4.88 Å². The number of aromatic carboxylic acids is 1. The Balaban J connectivity index is 2.55. The maximum atomic E-state index is 11.9. The molecule has 0 saturated heterocycles. The standard InChI is InChI=1S/C13H19NO3S/c1-8(13(2,3)4)11(15)14-7-9-5-6-10(18-9)12(16)17/h5-6,8H,7H2,1-4H3,(H,14,15)(H,16,17). The molecule has 2 N–H and O–H groups in total. The molecule has 0 saturated carbocycles. The Morgan fingerprint density at radius 1 is 1.39 bits per heavy atom. The second kappa shape index (κ2) is 5.52. The number of rotatable bonds is 4. The van der Waals surface area contributed by atoms with Gasteiger partial charge in [0, 0.05) is 10.8 Å². The van der Waals surface area contributed by atoms with E-state index in [0.29, 0.717) is 11.4 Å². The Bertz CT molecular complexity index is 445. The molecule has 18 heavy (non-hydrogen) atoms. The van der Waals surface area contributed by atoms with Gasteiger partial charge in [-0.1, -0.05) is 27.7 Å². The molecule has 0 aliphatic rings. The first-order chi connectivity index (χ1) is 8.21. The molecule has 1 aromatic heterocycles. The van der Waals surface area contributed by atoms with Crippen molar-refractivity contribution in [3.63, 3.8) is 0 Å². The zero-order chi connectivity index (χ0) is 13.9. The van der Waals surface area contributed by atoms with Crippen molar-refractivity contribution in [3.8, 4) is 0 Å². The smallest absolute Gasteiger partial charge is 0.345 e. The summed E-state index contributed by atoms with van der Waals surface area (Å²) in [5.74, 6) is -1.02. The van der Waals surface area contributed by atoms with Crippen LogP contribution >= 0.6 is 11.3 Å². The van der Waals surface area contributed by atoms with Crippen molar-refractivity contribution in [1.82, 2.24) is 5.32 Å². The highest BCUT2D eigenvalue weighted by Gasteiger charge is 2.26. The van der Waals surface area contributed by atoms with Gasteiger partial charge in [0.15, 0.2) is 0 Å². The van der Waals surface area contributed by atoms with Gasteiger partial charge >= 0.3 is 5.97 Å². The Morgan fingerprint density at radius 3 is 2.44 bits per heavy atom. The van der Waals surface area contributed by atoms with Crippen molar-refractivity contribution in [2.45, 2.75) is 34.2 Å². The molecule has 0 fully saturated rings. The van der Waals surface area contributed by atoms with E-state index in [1.54, 1.807) is 12.1 Å². The molecule has 1 aromatic rings. The summed E-state index contributed by atoms with van der Waals surface area (Å²) in [7, 11) is 0. The third kappa shape index (κ3) is 3.84. The summed E-state index contributed by atoms with van der Waals surface area (Å²) < 4.78 is 0. The summed E-state index contributed by atoms with van der Waals surface area (Å²) >= 11 is 1.19. The Labute approximate surface area is 111 Å². The number of carboxylic acids is 1. The molecule has 4 nitrogen and oxygen atoms in total. The molecular formula is C13H19NO3S. The number of thiophene rings is 1. The predicted octanol–water partition coefficient (Wildman–Crippen LogP) is 2.74. The van der Waals surface area contributed by atoms with E-state index in [9.17, 15) is 9.59 Å². The fourth-order valence-electron chi connectivity index (χ4n) is 1.31. The molecule has 5 heteroatoms. The van der Waals surface area contributed by atoms with Gasteiger partial charge in [-0.3, -0.25) is 4.79 Å². The van der Waals surface area contributed by atoms with Crippen LogP contribution < -0.4 is 5.32 Å². The van der Waals surface area contributed by atoms with Gasteiger partial charge in [0.2, 0.25) is 5.91 Å². The molecular weight excluding hydrogens is 250 g/mol. The lowest BCUT2D eigenvalue weighted by Gasteiger charge is -2.25. The van der Waals surface area contributed by atoms with Crippen molar-refractivity contribution in [2.75, 3.05) is 0 Å². The largest absolute Gasteiger partial charge is 0.477 e. The summed E-state index contributed by atoms with van der Waals surface area (Å²) in [6.07, 6.45) is 0. The molecule has 0 spiro atoms. The average Bonchev–Trinajstić information content (AvgIpc) is 2.72. The van der Waals surface area contributed by atoms with Gasteiger partial charge in [0.1, 0.15) is 4.88 Å². The summed E-state index contributed by atoms with van der Waals surface area (Å²) in [6, 6.07) is 3.29. The third-order valence-electron chi connectivity index (χ3n) is 3.00. The van der Waals surface area contributed by atoms with E-state index in [1.165, 1.54) is 11.3 Å². The maximum Gasteiger partial charge on any atom is 0.345 e. The first-order valence-corrected chi connectivity index (χ1v) is 6.63. The van der Waals surface area contributed by atoms with Crippen LogP contribution in [0.5, 0.6) is 0 Å². The van der Waals surface area contributed by atoms with Gasteiger partial charge in [0.05, 0.1) is 6.54 Å². The third-order valence-corrected chi connectivity index (χ3v) is 4.07. The monoisotopic (exact) mass is 269 g/mol. The van der Waals surface area contributed by atoms with Crippen LogP contribution in [0.3, 0.4) is 0 Å². The number of nitrogens with one attached hydrogen (secondary N) is 1. The quantitative estimate of drug-likeness (QED) is 0.883. The van der Waals surface area contributed by atoms with Gasteiger partial charge < -0.3 is 10.4 Å². The number of carboxylic acid groups (broad SMARTS) is 1. The lowest BCUT2D eigenvalue weighted by atomic mass is 9.81. The van der Waals surface area contributed by atoms with Crippen LogP contribution in [0.25, 0.3) is 0 Å². The van der Waals surface area contributed by atoms with E-state index < -0.39 is 5.97 Å². The molecule has 100 valence electrons. The van der Waals surface area contributed by atoms with Gasteiger partial charge in [-0.15, -0.1) is 11.3 Å². The van der Waals surface area contributed by atoms with E-state index >= 15 is 0 Å². The predicted molar refractivity (Wildman–Crippen MR) is 71.7 cm³/mol. The van der Waals surface area contributed by atoms with Crippen molar-refractivity contribution in [3.05, 3.63) is 21.9 Å². The van der Waals surface area contributed by atoms with Gasteiger partial charge in [-0.25, -0.2) is 4.79 Å². The van der Waals surface area contributed by atoms with Gasteiger partial charge in [0.25, 0.3) is 0 Å². The zero-order valence-electron chi connectivity index (χ0n) is 11.1. The average molecular weight is 269 g/mol. The second-order valence-electron chi connectivity index (χ2n) is 5.38. The van der Waals surface area contributed by atoms with Crippen molar-refractivity contribution in [1.29, 1.82) is 0 Å². The lowest BCUT2D eigenvalue weighted by Crippen LogP contribution is -2.35. The minimum absolute atomic E-state index is 0.00669. The SMILES string of the molecule is CC(C(=O)NCc1ccc(C(=O)O)s1)C(C)(C)C. The number of hydrogen-bond acceptors (Lipinski definition) is 3. The minimum atomic E-state index is -0.930. The van der Waals surface area contributed by atoms with Crippen molar-refractivity contribution < 1.29 is 14.7 Å². The van der Waals surface area contributed by atoms with Crippen LogP contribution in [0.2, 0.25) is 0 Å².